The Morgan fingerprint density at radius 2 is 1.48 bits per heavy atom. The summed E-state index contributed by atoms with van der Waals surface area (Å²) in [5.74, 6) is -0.203. The molecule has 0 bridgehead atoms. The van der Waals surface area contributed by atoms with Crippen LogP contribution in [0.15, 0.2) is 72.3 Å². The van der Waals surface area contributed by atoms with Gasteiger partial charge in [0.1, 0.15) is 0 Å². The third kappa shape index (κ3) is 4.06. The van der Waals surface area contributed by atoms with Gasteiger partial charge >= 0.3 is 5.97 Å². The molecule has 0 aliphatic heterocycles. The van der Waals surface area contributed by atoms with Crippen LogP contribution in [0.4, 0.5) is 0 Å². The second-order valence-corrected chi connectivity index (χ2v) is 4.87. The number of esters is 1. The molecule has 0 amide bonds. The van der Waals surface area contributed by atoms with Gasteiger partial charge in [-0.2, -0.15) is 0 Å². The van der Waals surface area contributed by atoms with E-state index in [2.05, 4.69) is 24.3 Å². The van der Waals surface area contributed by atoms with Crippen molar-refractivity contribution in [3.63, 3.8) is 0 Å². The van der Waals surface area contributed by atoms with Gasteiger partial charge in [-0.15, -0.1) is 0 Å². The van der Waals surface area contributed by atoms with E-state index in [-0.39, 0.29) is 11.9 Å². The third-order valence-corrected chi connectivity index (χ3v) is 3.33. The third-order valence-electron chi connectivity index (χ3n) is 3.33. The van der Waals surface area contributed by atoms with Gasteiger partial charge in [-0.25, -0.2) is 4.79 Å². The number of rotatable bonds is 5. The molecular formula is C19H20O2. The van der Waals surface area contributed by atoms with Crippen molar-refractivity contribution in [1.82, 2.24) is 0 Å². The summed E-state index contributed by atoms with van der Waals surface area (Å²) in [5.41, 5.74) is 2.95. The first-order chi connectivity index (χ1) is 10.2. The number of allylic oxidation sites excluding steroid dienone is 1. The minimum absolute atomic E-state index is 0.0526. The molecule has 0 heterocycles. The molecule has 0 aliphatic carbocycles. The fraction of sp³-hybridized carbons (Fsp3) is 0.211. The van der Waals surface area contributed by atoms with E-state index in [1.807, 2.05) is 49.4 Å². The van der Waals surface area contributed by atoms with Crippen LogP contribution in [0, 0.1) is 0 Å². The zero-order valence-corrected chi connectivity index (χ0v) is 12.5. The highest BCUT2D eigenvalue weighted by atomic mass is 16.5. The molecule has 108 valence electrons. The number of ether oxygens (including phenoxy) is 1. The first kappa shape index (κ1) is 15.0. The minimum atomic E-state index is -0.255. The Morgan fingerprint density at radius 3 is 1.90 bits per heavy atom. The van der Waals surface area contributed by atoms with Crippen molar-refractivity contribution in [2.75, 3.05) is 6.61 Å². The Morgan fingerprint density at radius 1 is 1.00 bits per heavy atom. The van der Waals surface area contributed by atoms with E-state index < -0.39 is 0 Å². The van der Waals surface area contributed by atoms with Gasteiger partial charge in [0.25, 0.3) is 0 Å². The van der Waals surface area contributed by atoms with Crippen LogP contribution in [0.3, 0.4) is 0 Å². The zero-order valence-electron chi connectivity index (χ0n) is 12.5. The standard InChI is InChI=1S/C19H20O2/c1-3-21-19(20)15(2)14-18(16-10-6-4-7-11-16)17-12-8-5-9-13-17/h4-14,18H,3H2,1-2H3. The molecule has 21 heavy (non-hydrogen) atoms. The van der Waals surface area contributed by atoms with E-state index in [0.29, 0.717) is 12.2 Å². The van der Waals surface area contributed by atoms with Crippen LogP contribution in [0.2, 0.25) is 0 Å². The van der Waals surface area contributed by atoms with Crippen molar-refractivity contribution in [3.05, 3.63) is 83.4 Å². The van der Waals surface area contributed by atoms with E-state index in [1.54, 1.807) is 6.92 Å². The Balaban J connectivity index is 2.38. The number of hydrogen-bond donors (Lipinski definition) is 0. The molecule has 2 rings (SSSR count). The Labute approximate surface area is 126 Å². The maximum atomic E-state index is 11.9. The van der Waals surface area contributed by atoms with E-state index in [9.17, 15) is 4.79 Å². The highest BCUT2D eigenvalue weighted by molar-refractivity contribution is 5.88. The topological polar surface area (TPSA) is 26.3 Å². The summed E-state index contributed by atoms with van der Waals surface area (Å²) in [6.07, 6.45) is 1.97. The lowest BCUT2D eigenvalue weighted by molar-refractivity contribution is -0.138. The SMILES string of the molecule is CCOC(=O)C(C)=CC(c1ccccc1)c1ccccc1. The van der Waals surface area contributed by atoms with Gasteiger partial charge in [0.15, 0.2) is 0 Å². The molecule has 0 saturated heterocycles. The molecule has 0 N–H and O–H groups in total. The average molecular weight is 280 g/mol. The molecule has 2 nitrogen and oxygen atoms in total. The molecule has 0 saturated carbocycles. The molecule has 0 atom stereocenters. The number of benzene rings is 2. The second-order valence-electron chi connectivity index (χ2n) is 4.87. The van der Waals surface area contributed by atoms with Crippen molar-refractivity contribution in [1.29, 1.82) is 0 Å². The minimum Gasteiger partial charge on any atom is -0.463 e. The van der Waals surface area contributed by atoms with E-state index in [0.717, 1.165) is 11.1 Å². The normalized spacial score (nSPS) is 11.5. The molecule has 2 aromatic carbocycles. The maximum absolute atomic E-state index is 11.9. The number of hydrogen-bond acceptors (Lipinski definition) is 2. The lowest BCUT2D eigenvalue weighted by Crippen LogP contribution is -2.07. The molecular weight excluding hydrogens is 260 g/mol. The molecule has 0 aliphatic rings. The lowest BCUT2D eigenvalue weighted by Gasteiger charge is -2.15. The summed E-state index contributed by atoms with van der Waals surface area (Å²) in [7, 11) is 0. The van der Waals surface area contributed by atoms with Gasteiger partial charge in [-0.05, 0) is 25.0 Å². The van der Waals surface area contributed by atoms with Crippen molar-refractivity contribution in [3.8, 4) is 0 Å². The van der Waals surface area contributed by atoms with Gasteiger partial charge in [0, 0.05) is 11.5 Å². The predicted molar refractivity (Wildman–Crippen MR) is 85.1 cm³/mol. The quantitative estimate of drug-likeness (QED) is 0.602. The van der Waals surface area contributed by atoms with E-state index in [4.69, 9.17) is 4.74 Å². The Kier molecular flexibility index (Phi) is 5.33. The highest BCUT2D eigenvalue weighted by Gasteiger charge is 2.14. The summed E-state index contributed by atoms with van der Waals surface area (Å²) >= 11 is 0. The molecule has 2 aromatic rings. The van der Waals surface area contributed by atoms with Crippen LogP contribution >= 0.6 is 0 Å². The molecule has 2 heteroatoms. The van der Waals surface area contributed by atoms with Crippen LogP contribution in [0.5, 0.6) is 0 Å². The largest absolute Gasteiger partial charge is 0.463 e. The monoisotopic (exact) mass is 280 g/mol. The predicted octanol–water partition coefficient (Wildman–Crippen LogP) is 4.33. The maximum Gasteiger partial charge on any atom is 0.333 e. The van der Waals surface area contributed by atoms with E-state index in [1.165, 1.54) is 0 Å². The number of carbonyl (C=O) groups is 1. The van der Waals surface area contributed by atoms with Crippen LogP contribution < -0.4 is 0 Å². The molecule has 0 aromatic heterocycles. The fourth-order valence-electron chi connectivity index (χ4n) is 2.27. The fourth-order valence-corrected chi connectivity index (χ4v) is 2.27. The van der Waals surface area contributed by atoms with Crippen LogP contribution in [0.25, 0.3) is 0 Å². The van der Waals surface area contributed by atoms with Crippen molar-refractivity contribution in [2.24, 2.45) is 0 Å². The Hall–Kier alpha value is -2.35. The van der Waals surface area contributed by atoms with Gasteiger partial charge in [0.2, 0.25) is 0 Å². The van der Waals surface area contributed by atoms with Gasteiger partial charge in [-0.1, -0.05) is 66.7 Å². The zero-order chi connectivity index (χ0) is 15.1. The molecule has 0 spiro atoms. The van der Waals surface area contributed by atoms with Crippen LogP contribution in [-0.2, 0) is 9.53 Å². The number of carbonyl (C=O) groups excluding carboxylic acids is 1. The summed E-state index contributed by atoms with van der Waals surface area (Å²) in [5, 5.41) is 0. The van der Waals surface area contributed by atoms with Crippen LogP contribution in [-0.4, -0.2) is 12.6 Å². The lowest BCUT2D eigenvalue weighted by atomic mass is 9.89. The first-order valence-electron chi connectivity index (χ1n) is 7.17. The van der Waals surface area contributed by atoms with Gasteiger partial charge in [0.05, 0.1) is 6.61 Å². The average Bonchev–Trinajstić information content (AvgIpc) is 2.54. The summed E-state index contributed by atoms with van der Waals surface area (Å²) in [4.78, 5) is 11.9. The molecule has 0 radical (unpaired) electrons. The molecule has 0 unspecified atom stereocenters. The van der Waals surface area contributed by atoms with Gasteiger partial charge < -0.3 is 4.74 Å². The van der Waals surface area contributed by atoms with Crippen molar-refractivity contribution >= 4 is 5.97 Å². The summed E-state index contributed by atoms with van der Waals surface area (Å²) in [6.45, 7) is 4.01. The molecule has 0 fully saturated rings. The van der Waals surface area contributed by atoms with Crippen LogP contribution in [0.1, 0.15) is 30.9 Å². The summed E-state index contributed by atoms with van der Waals surface area (Å²) in [6, 6.07) is 20.3. The second kappa shape index (κ2) is 7.44. The Bertz CT molecular complexity index is 560. The summed E-state index contributed by atoms with van der Waals surface area (Å²) < 4.78 is 5.07. The van der Waals surface area contributed by atoms with Crippen molar-refractivity contribution in [2.45, 2.75) is 19.8 Å². The van der Waals surface area contributed by atoms with Gasteiger partial charge in [-0.3, -0.25) is 0 Å². The smallest absolute Gasteiger partial charge is 0.333 e. The van der Waals surface area contributed by atoms with Crippen molar-refractivity contribution < 1.29 is 9.53 Å². The van der Waals surface area contributed by atoms with E-state index >= 15 is 0 Å². The highest BCUT2D eigenvalue weighted by Crippen LogP contribution is 2.27. The first-order valence-corrected chi connectivity index (χ1v) is 7.17.